The van der Waals surface area contributed by atoms with Gasteiger partial charge in [-0.2, -0.15) is 0 Å². The number of carbonyl (C=O) groups is 1. The van der Waals surface area contributed by atoms with Gasteiger partial charge in [0.1, 0.15) is 0 Å². The summed E-state index contributed by atoms with van der Waals surface area (Å²) in [5, 5.41) is 3.19. The van der Waals surface area contributed by atoms with Crippen LogP contribution in [0.15, 0.2) is 71.6 Å². The van der Waals surface area contributed by atoms with Crippen LogP contribution in [0.1, 0.15) is 10.4 Å². The molecular weight excluding hydrogens is 385 g/mol. The average molecular weight is 398 g/mol. The Morgan fingerprint density at radius 2 is 1.58 bits per heavy atom. The lowest BCUT2D eigenvalue weighted by molar-refractivity contribution is 0.102. The lowest BCUT2D eigenvalue weighted by atomic mass is 10.1. The van der Waals surface area contributed by atoms with Gasteiger partial charge in [-0.3, -0.25) is 4.79 Å². The van der Waals surface area contributed by atoms with Crippen molar-refractivity contribution in [2.75, 3.05) is 5.75 Å². The molecule has 0 N–H and O–H groups in total. The number of halogens is 2. The molecule has 4 rings (SSSR count). The zero-order valence-corrected chi connectivity index (χ0v) is 15.9. The van der Waals surface area contributed by atoms with Crippen molar-refractivity contribution < 1.29 is 4.79 Å². The summed E-state index contributed by atoms with van der Waals surface area (Å²) >= 11 is 13.8. The predicted molar refractivity (Wildman–Crippen MR) is 111 cm³/mol. The Kier molecular flexibility index (Phi) is 4.86. The number of pyridine rings is 1. The molecule has 0 aliphatic rings. The fraction of sp³-hybridized carbons (Fsp3) is 0.0476. The number of Topliss-reactive ketones (excluding diaryl/α,β-unsaturated/α-hetero) is 1. The van der Waals surface area contributed by atoms with E-state index in [0.29, 0.717) is 21.4 Å². The highest BCUT2D eigenvalue weighted by molar-refractivity contribution is 8.00. The van der Waals surface area contributed by atoms with Crippen molar-refractivity contribution >= 4 is 62.6 Å². The van der Waals surface area contributed by atoms with Gasteiger partial charge in [0.05, 0.1) is 16.8 Å². The van der Waals surface area contributed by atoms with Crippen LogP contribution in [0, 0.1) is 0 Å². The molecule has 0 saturated carbocycles. The number of aromatic nitrogens is 1. The monoisotopic (exact) mass is 397 g/mol. The van der Waals surface area contributed by atoms with E-state index in [-0.39, 0.29) is 5.78 Å². The van der Waals surface area contributed by atoms with Crippen molar-refractivity contribution in [3.05, 3.63) is 82.3 Å². The highest BCUT2D eigenvalue weighted by Crippen LogP contribution is 2.36. The number of nitrogens with zero attached hydrogens (tertiary/aromatic N) is 1. The summed E-state index contributed by atoms with van der Waals surface area (Å²) in [4.78, 5) is 18.2. The van der Waals surface area contributed by atoms with Crippen LogP contribution < -0.4 is 0 Å². The van der Waals surface area contributed by atoms with Gasteiger partial charge in [0.25, 0.3) is 0 Å². The van der Waals surface area contributed by atoms with Crippen molar-refractivity contribution in [3.8, 4) is 0 Å². The number of fused-ring (bicyclic) bond motifs is 2. The average Bonchev–Trinajstić information content (AvgIpc) is 2.65. The highest BCUT2D eigenvalue weighted by Gasteiger charge is 2.13. The van der Waals surface area contributed by atoms with Gasteiger partial charge in [0, 0.05) is 31.3 Å². The van der Waals surface area contributed by atoms with Gasteiger partial charge < -0.3 is 0 Å². The molecule has 0 spiro atoms. The van der Waals surface area contributed by atoms with Crippen molar-refractivity contribution in [2.24, 2.45) is 0 Å². The fourth-order valence-electron chi connectivity index (χ4n) is 2.85. The van der Waals surface area contributed by atoms with Gasteiger partial charge in [-0.1, -0.05) is 59.6 Å². The number of hydrogen-bond donors (Lipinski definition) is 0. The van der Waals surface area contributed by atoms with Crippen molar-refractivity contribution in [1.29, 1.82) is 0 Å². The number of benzene rings is 3. The molecule has 4 aromatic rings. The van der Waals surface area contributed by atoms with E-state index in [0.717, 1.165) is 26.7 Å². The van der Waals surface area contributed by atoms with Crippen LogP contribution in [-0.2, 0) is 0 Å². The zero-order valence-electron chi connectivity index (χ0n) is 13.6. The maximum atomic E-state index is 12.5. The molecule has 0 aliphatic carbocycles. The van der Waals surface area contributed by atoms with E-state index < -0.39 is 0 Å². The number of ketones is 1. The molecule has 2 nitrogen and oxygen atoms in total. The molecule has 0 unspecified atom stereocenters. The molecule has 0 fully saturated rings. The van der Waals surface area contributed by atoms with Crippen molar-refractivity contribution in [3.63, 3.8) is 0 Å². The lowest BCUT2D eigenvalue weighted by Gasteiger charge is -2.11. The summed E-state index contributed by atoms with van der Waals surface area (Å²) in [6, 6.07) is 20.5. The molecule has 0 saturated heterocycles. The van der Waals surface area contributed by atoms with Crippen LogP contribution in [0.2, 0.25) is 10.0 Å². The van der Waals surface area contributed by atoms with Crippen LogP contribution in [-0.4, -0.2) is 16.5 Å². The van der Waals surface area contributed by atoms with Crippen LogP contribution in [0.25, 0.3) is 21.8 Å². The first-order valence-corrected chi connectivity index (χ1v) is 9.75. The van der Waals surface area contributed by atoms with Gasteiger partial charge in [-0.25, -0.2) is 4.98 Å². The third-order valence-electron chi connectivity index (χ3n) is 4.09. The highest BCUT2D eigenvalue weighted by atomic mass is 35.5. The first-order valence-electron chi connectivity index (χ1n) is 8.01. The first-order chi connectivity index (χ1) is 12.6. The van der Waals surface area contributed by atoms with Gasteiger partial charge >= 0.3 is 0 Å². The minimum absolute atomic E-state index is 0.0877. The minimum Gasteiger partial charge on any atom is -0.293 e. The normalized spacial score (nSPS) is 11.2. The van der Waals surface area contributed by atoms with E-state index in [1.165, 1.54) is 11.8 Å². The standard InChI is InChI=1S/C21H13Cl2NOS/c22-14-7-9-18-17(10-14)21(16-8-6-15(23)11-19(16)24-18)26-12-20(25)13-4-2-1-3-5-13/h1-11H,12H2. The van der Waals surface area contributed by atoms with Crippen LogP contribution in [0.5, 0.6) is 0 Å². The maximum Gasteiger partial charge on any atom is 0.173 e. The number of thioether (sulfide) groups is 1. The molecule has 1 aromatic heterocycles. The fourth-order valence-corrected chi connectivity index (χ4v) is 4.28. The minimum atomic E-state index is 0.0877. The Bertz CT molecular complexity index is 1130. The molecule has 26 heavy (non-hydrogen) atoms. The Morgan fingerprint density at radius 1 is 0.846 bits per heavy atom. The third kappa shape index (κ3) is 3.43. The lowest BCUT2D eigenvalue weighted by Crippen LogP contribution is -2.02. The second-order valence-electron chi connectivity index (χ2n) is 5.84. The van der Waals surface area contributed by atoms with E-state index >= 15 is 0 Å². The first kappa shape index (κ1) is 17.3. The molecule has 0 radical (unpaired) electrons. The molecular formula is C21H13Cl2NOS. The maximum absolute atomic E-state index is 12.5. The van der Waals surface area contributed by atoms with Gasteiger partial charge in [0.2, 0.25) is 0 Å². The van der Waals surface area contributed by atoms with E-state index in [2.05, 4.69) is 4.98 Å². The molecule has 0 atom stereocenters. The predicted octanol–water partition coefficient (Wildman–Crippen LogP) is 6.67. The van der Waals surface area contributed by atoms with E-state index in [9.17, 15) is 4.79 Å². The van der Waals surface area contributed by atoms with E-state index in [1.807, 2.05) is 66.7 Å². The van der Waals surface area contributed by atoms with Crippen LogP contribution >= 0.6 is 35.0 Å². The summed E-state index contributed by atoms with van der Waals surface area (Å²) in [5.74, 6) is 0.428. The summed E-state index contributed by atoms with van der Waals surface area (Å²) in [6.45, 7) is 0. The SMILES string of the molecule is O=C(CSc1c2ccc(Cl)cc2nc2ccc(Cl)cc12)c1ccccc1. The zero-order chi connectivity index (χ0) is 18.1. The Morgan fingerprint density at radius 3 is 2.38 bits per heavy atom. The number of carbonyl (C=O) groups excluding carboxylic acids is 1. The van der Waals surface area contributed by atoms with Crippen LogP contribution in [0.3, 0.4) is 0 Å². The Labute approximate surface area is 165 Å². The molecule has 3 aromatic carbocycles. The summed E-state index contributed by atoms with van der Waals surface area (Å²) in [5.41, 5.74) is 2.35. The molecule has 0 amide bonds. The third-order valence-corrected chi connectivity index (χ3v) is 5.70. The summed E-state index contributed by atoms with van der Waals surface area (Å²) < 4.78 is 0. The van der Waals surface area contributed by atoms with Crippen molar-refractivity contribution in [1.82, 2.24) is 4.98 Å². The van der Waals surface area contributed by atoms with Gasteiger partial charge in [-0.05, 0) is 30.3 Å². The topological polar surface area (TPSA) is 30.0 Å². The van der Waals surface area contributed by atoms with Crippen LogP contribution in [0.4, 0.5) is 0 Å². The van der Waals surface area contributed by atoms with Gasteiger partial charge in [0.15, 0.2) is 5.78 Å². The van der Waals surface area contributed by atoms with E-state index in [1.54, 1.807) is 0 Å². The summed E-state index contributed by atoms with van der Waals surface area (Å²) in [7, 11) is 0. The largest absolute Gasteiger partial charge is 0.293 e. The smallest absolute Gasteiger partial charge is 0.173 e. The quantitative estimate of drug-likeness (QED) is 0.218. The van der Waals surface area contributed by atoms with E-state index in [4.69, 9.17) is 23.2 Å². The Hall–Kier alpha value is -2.07. The molecule has 5 heteroatoms. The number of rotatable bonds is 4. The molecule has 0 bridgehead atoms. The van der Waals surface area contributed by atoms with Crippen molar-refractivity contribution in [2.45, 2.75) is 4.90 Å². The molecule has 0 aliphatic heterocycles. The molecule has 1 heterocycles. The Balaban J connectivity index is 1.80. The number of hydrogen-bond acceptors (Lipinski definition) is 3. The molecule has 128 valence electrons. The second kappa shape index (κ2) is 7.28. The second-order valence-corrected chi connectivity index (χ2v) is 7.70. The summed E-state index contributed by atoms with van der Waals surface area (Å²) in [6.07, 6.45) is 0. The van der Waals surface area contributed by atoms with Gasteiger partial charge in [-0.15, -0.1) is 11.8 Å².